The maximum Gasteiger partial charge on any atom is 0.262 e. The van der Waals surface area contributed by atoms with E-state index in [9.17, 15) is 9.59 Å². The zero-order valence-electron chi connectivity index (χ0n) is 16.9. The molecule has 6 heteroatoms. The van der Waals surface area contributed by atoms with Crippen LogP contribution in [0.5, 0.6) is 5.75 Å². The normalized spacial score (nSPS) is 10.4. The molecule has 3 rings (SSSR count). The minimum Gasteiger partial charge on any atom is -0.484 e. The second kappa shape index (κ2) is 9.94. The molecule has 0 bridgehead atoms. The number of hydrogen-bond donors (Lipinski definition) is 1. The van der Waals surface area contributed by atoms with E-state index in [0.717, 1.165) is 11.1 Å². The summed E-state index contributed by atoms with van der Waals surface area (Å²) < 4.78 is 5.51. The Morgan fingerprint density at radius 3 is 2.50 bits per heavy atom. The average Bonchev–Trinajstić information content (AvgIpc) is 2.75. The summed E-state index contributed by atoms with van der Waals surface area (Å²) in [5.74, 6) is 0.131. The highest BCUT2D eigenvalue weighted by Crippen LogP contribution is 2.21. The monoisotopic (exact) mass is 422 g/mol. The second-order valence-corrected chi connectivity index (χ2v) is 7.38. The minimum absolute atomic E-state index is 0.122. The average molecular weight is 423 g/mol. The third-order valence-electron chi connectivity index (χ3n) is 4.50. The Labute approximate surface area is 181 Å². The lowest BCUT2D eigenvalue weighted by Crippen LogP contribution is -2.26. The number of anilines is 1. The van der Waals surface area contributed by atoms with Gasteiger partial charge in [0.2, 0.25) is 0 Å². The van der Waals surface area contributed by atoms with Crippen LogP contribution < -0.4 is 10.1 Å². The number of ether oxygens (including phenoxy) is 1. The number of benzene rings is 3. The van der Waals surface area contributed by atoms with Gasteiger partial charge in [-0.15, -0.1) is 0 Å². The summed E-state index contributed by atoms with van der Waals surface area (Å²) in [5, 5.41) is 3.41. The van der Waals surface area contributed by atoms with Crippen molar-refractivity contribution in [2.75, 3.05) is 19.0 Å². The highest BCUT2D eigenvalue weighted by molar-refractivity contribution is 6.31. The Hall–Kier alpha value is -3.31. The van der Waals surface area contributed by atoms with Gasteiger partial charge in [-0.25, -0.2) is 0 Å². The van der Waals surface area contributed by atoms with E-state index in [1.54, 1.807) is 54.4 Å². The number of rotatable bonds is 7. The van der Waals surface area contributed by atoms with Crippen molar-refractivity contribution in [3.8, 4) is 5.75 Å². The third kappa shape index (κ3) is 5.84. The molecule has 0 aliphatic carbocycles. The number of hydrogen-bond acceptors (Lipinski definition) is 3. The van der Waals surface area contributed by atoms with Crippen LogP contribution in [0.2, 0.25) is 5.02 Å². The van der Waals surface area contributed by atoms with Crippen LogP contribution in [0.15, 0.2) is 72.8 Å². The maximum atomic E-state index is 12.7. The minimum atomic E-state index is -0.315. The van der Waals surface area contributed by atoms with Gasteiger partial charge in [0.25, 0.3) is 11.8 Å². The first-order chi connectivity index (χ1) is 14.4. The van der Waals surface area contributed by atoms with Crippen LogP contribution in [-0.4, -0.2) is 30.4 Å². The van der Waals surface area contributed by atoms with Crippen LogP contribution in [0.3, 0.4) is 0 Å². The lowest BCUT2D eigenvalue weighted by Gasteiger charge is -2.18. The number of nitrogens with zero attached hydrogens (tertiary/aromatic N) is 1. The molecule has 154 valence electrons. The molecule has 3 aromatic carbocycles. The van der Waals surface area contributed by atoms with Gasteiger partial charge in [-0.05, 0) is 54.4 Å². The largest absolute Gasteiger partial charge is 0.484 e. The molecule has 0 radical (unpaired) electrons. The molecule has 0 saturated carbocycles. The molecule has 5 nitrogen and oxygen atoms in total. The Morgan fingerprint density at radius 2 is 1.77 bits per heavy atom. The Morgan fingerprint density at radius 1 is 1.00 bits per heavy atom. The van der Waals surface area contributed by atoms with Gasteiger partial charge in [0.05, 0.1) is 0 Å². The fourth-order valence-electron chi connectivity index (χ4n) is 2.93. The lowest BCUT2D eigenvalue weighted by molar-refractivity contribution is -0.118. The molecule has 2 amide bonds. The van der Waals surface area contributed by atoms with E-state index >= 15 is 0 Å². The zero-order chi connectivity index (χ0) is 21.5. The van der Waals surface area contributed by atoms with E-state index in [4.69, 9.17) is 16.3 Å². The van der Waals surface area contributed by atoms with Crippen LogP contribution in [0, 0.1) is 6.92 Å². The Bertz CT molecular complexity index is 1040. The summed E-state index contributed by atoms with van der Waals surface area (Å²) in [6.45, 7) is 2.23. The molecule has 30 heavy (non-hydrogen) atoms. The Balaban J connectivity index is 1.58. The van der Waals surface area contributed by atoms with Crippen molar-refractivity contribution < 1.29 is 14.3 Å². The standard InChI is InChI=1S/C24H23ClN2O3/c1-17-13-21(11-12-22(17)25)30-16-23(28)26-20-10-6-9-19(14-20)24(29)27(2)15-18-7-4-3-5-8-18/h3-14H,15-16H2,1-2H3,(H,26,28). The smallest absolute Gasteiger partial charge is 0.262 e. The van der Waals surface area contributed by atoms with Crippen molar-refractivity contribution in [2.45, 2.75) is 13.5 Å². The maximum absolute atomic E-state index is 12.7. The molecule has 0 aliphatic rings. The first-order valence-electron chi connectivity index (χ1n) is 9.50. The van der Waals surface area contributed by atoms with E-state index in [-0.39, 0.29) is 18.4 Å². The molecule has 0 heterocycles. The Kier molecular flexibility index (Phi) is 7.09. The van der Waals surface area contributed by atoms with Gasteiger partial charge < -0.3 is 15.0 Å². The van der Waals surface area contributed by atoms with Gasteiger partial charge in [0.15, 0.2) is 6.61 Å². The molecule has 0 fully saturated rings. The molecule has 3 aromatic rings. The second-order valence-electron chi connectivity index (χ2n) is 6.98. The molecule has 0 saturated heterocycles. The highest BCUT2D eigenvalue weighted by Gasteiger charge is 2.13. The molecule has 0 spiro atoms. The number of carbonyl (C=O) groups is 2. The van der Waals surface area contributed by atoms with Gasteiger partial charge in [0, 0.05) is 29.9 Å². The van der Waals surface area contributed by atoms with Crippen molar-refractivity contribution in [1.82, 2.24) is 4.90 Å². The van der Waals surface area contributed by atoms with Gasteiger partial charge in [-0.2, -0.15) is 0 Å². The molecule has 1 N–H and O–H groups in total. The fraction of sp³-hybridized carbons (Fsp3) is 0.167. The lowest BCUT2D eigenvalue weighted by atomic mass is 10.1. The van der Waals surface area contributed by atoms with Crippen LogP contribution in [0.1, 0.15) is 21.5 Å². The van der Waals surface area contributed by atoms with E-state index in [0.29, 0.717) is 28.6 Å². The molecule has 0 unspecified atom stereocenters. The predicted molar refractivity (Wildman–Crippen MR) is 119 cm³/mol. The van der Waals surface area contributed by atoms with Crippen LogP contribution in [0.25, 0.3) is 0 Å². The molecule has 0 aliphatic heterocycles. The zero-order valence-corrected chi connectivity index (χ0v) is 17.6. The van der Waals surface area contributed by atoms with E-state index in [1.165, 1.54) is 0 Å². The van der Waals surface area contributed by atoms with Gasteiger partial charge >= 0.3 is 0 Å². The summed E-state index contributed by atoms with van der Waals surface area (Å²) in [6, 6.07) is 21.9. The quantitative estimate of drug-likeness (QED) is 0.586. The molecular weight excluding hydrogens is 400 g/mol. The first-order valence-corrected chi connectivity index (χ1v) is 9.88. The van der Waals surface area contributed by atoms with Crippen LogP contribution in [0.4, 0.5) is 5.69 Å². The van der Waals surface area contributed by atoms with E-state index in [1.807, 2.05) is 37.3 Å². The summed E-state index contributed by atoms with van der Waals surface area (Å²) >= 11 is 5.99. The third-order valence-corrected chi connectivity index (χ3v) is 4.93. The summed E-state index contributed by atoms with van der Waals surface area (Å²) in [5.41, 5.74) is 2.96. The highest BCUT2D eigenvalue weighted by atomic mass is 35.5. The SMILES string of the molecule is Cc1cc(OCC(=O)Nc2cccc(C(=O)N(C)Cc3ccccc3)c2)ccc1Cl. The first kappa shape index (κ1) is 21.4. The van der Waals surface area contributed by atoms with Crippen molar-refractivity contribution in [3.05, 3.63) is 94.5 Å². The van der Waals surface area contributed by atoms with Gasteiger partial charge in [-0.1, -0.05) is 48.0 Å². The number of carbonyl (C=O) groups excluding carboxylic acids is 2. The van der Waals surface area contributed by atoms with E-state index < -0.39 is 0 Å². The number of halogens is 1. The number of aryl methyl sites for hydroxylation is 1. The van der Waals surface area contributed by atoms with Gasteiger partial charge in [0.1, 0.15) is 5.75 Å². The van der Waals surface area contributed by atoms with Crippen molar-refractivity contribution >= 4 is 29.1 Å². The fourth-order valence-corrected chi connectivity index (χ4v) is 3.05. The summed E-state index contributed by atoms with van der Waals surface area (Å²) in [4.78, 5) is 26.6. The van der Waals surface area contributed by atoms with Crippen LogP contribution in [-0.2, 0) is 11.3 Å². The molecular formula is C24H23ClN2O3. The van der Waals surface area contributed by atoms with Crippen molar-refractivity contribution in [3.63, 3.8) is 0 Å². The molecule has 0 atom stereocenters. The summed E-state index contributed by atoms with van der Waals surface area (Å²) in [6.07, 6.45) is 0. The van der Waals surface area contributed by atoms with Crippen molar-refractivity contribution in [1.29, 1.82) is 0 Å². The summed E-state index contributed by atoms with van der Waals surface area (Å²) in [7, 11) is 1.75. The molecule has 0 aromatic heterocycles. The number of nitrogens with one attached hydrogen (secondary N) is 1. The van der Waals surface area contributed by atoms with E-state index in [2.05, 4.69) is 5.32 Å². The van der Waals surface area contributed by atoms with Gasteiger partial charge in [-0.3, -0.25) is 9.59 Å². The number of amides is 2. The topological polar surface area (TPSA) is 58.6 Å². The van der Waals surface area contributed by atoms with Crippen LogP contribution >= 0.6 is 11.6 Å². The van der Waals surface area contributed by atoms with Crippen molar-refractivity contribution in [2.24, 2.45) is 0 Å². The predicted octanol–water partition coefficient (Wildman–Crippen LogP) is 4.94.